The summed E-state index contributed by atoms with van der Waals surface area (Å²) in [6.45, 7) is 2.08. The zero-order chi connectivity index (χ0) is 20.2. The second-order valence-electron chi connectivity index (χ2n) is 7.19. The van der Waals surface area contributed by atoms with Crippen LogP contribution in [-0.2, 0) is 4.79 Å². The minimum atomic E-state index is 0.0277. The van der Waals surface area contributed by atoms with Crippen LogP contribution in [0.5, 0.6) is 5.75 Å². The van der Waals surface area contributed by atoms with Gasteiger partial charge in [0, 0.05) is 17.3 Å². The van der Waals surface area contributed by atoms with Crippen molar-refractivity contribution < 1.29 is 9.53 Å². The molecule has 0 bridgehead atoms. The van der Waals surface area contributed by atoms with Gasteiger partial charge in [0.1, 0.15) is 5.75 Å². The molecular formula is C22H24N4O2S. The van der Waals surface area contributed by atoms with Crippen LogP contribution in [-0.4, -0.2) is 39.6 Å². The predicted molar refractivity (Wildman–Crippen MR) is 114 cm³/mol. The number of methoxy groups -OCH3 is 1. The van der Waals surface area contributed by atoms with Gasteiger partial charge in [-0.2, -0.15) is 0 Å². The number of carbonyl (C=O) groups is 1. The molecule has 1 aromatic heterocycles. The second kappa shape index (κ2) is 8.69. The lowest BCUT2D eigenvalue weighted by molar-refractivity contribution is -0.119. The number of carbonyl (C=O) groups excluding carboxylic acids is 1. The molecule has 2 aromatic carbocycles. The third-order valence-corrected chi connectivity index (χ3v) is 5.95. The SMILES string of the molecule is COc1cccc(-c2nnc(SCC(=O)NC(C)C3CC3)n2-c2ccccc2)c1. The number of hydrogen-bond donors (Lipinski definition) is 1. The molecule has 0 aliphatic heterocycles. The normalized spacial score (nSPS) is 14.4. The summed E-state index contributed by atoms with van der Waals surface area (Å²) in [6, 6.07) is 17.9. The lowest BCUT2D eigenvalue weighted by Gasteiger charge is -2.13. The summed E-state index contributed by atoms with van der Waals surface area (Å²) < 4.78 is 7.34. The molecule has 3 aromatic rings. The van der Waals surface area contributed by atoms with Crippen LogP contribution in [0.25, 0.3) is 17.1 Å². The molecule has 1 amide bonds. The molecule has 1 atom stereocenters. The zero-order valence-corrected chi connectivity index (χ0v) is 17.4. The van der Waals surface area contributed by atoms with Gasteiger partial charge in [0.2, 0.25) is 5.91 Å². The summed E-state index contributed by atoms with van der Waals surface area (Å²) >= 11 is 1.40. The maximum absolute atomic E-state index is 12.4. The van der Waals surface area contributed by atoms with Gasteiger partial charge in [-0.05, 0) is 49.9 Å². The molecule has 4 rings (SSSR count). The smallest absolute Gasteiger partial charge is 0.230 e. The van der Waals surface area contributed by atoms with Crippen molar-refractivity contribution in [3.63, 3.8) is 0 Å². The Balaban J connectivity index is 1.60. The molecule has 1 aliphatic carbocycles. The quantitative estimate of drug-likeness (QED) is 0.572. The number of nitrogens with one attached hydrogen (secondary N) is 1. The highest BCUT2D eigenvalue weighted by atomic mass is 32.2. The Morgan fingerprint density at radius 3 is 2.72 bits per heavy atom. The van der Waals surface area contributed by atoms with E-state index < -0.39 is 0 Å². The van der Waals surface area contributed by atoms with Crippen LogP contribution in [0.1, 0.15) is 19.8 Å². The fourth-order valence-electron chi connectivity index (χ4n) is 3.26. The Kier molecular flexibility index (Phi) is 5.85. The van der Waals surface area contributed by atoms with Gasteiger partial charge in [-0.25, -0.2) is 0 Å². The lowest BCUT2D eigenvalue weighted by Crippen LogP contribution is -2.35. The number of thioether (sulfide) groups is 1. The number of ether oxygens (including phenoxy) is 1. The first-order valence-electron chi connectivity index (χ1n) is 9.73. The van der Waals surface area contributed by atoms with Crippen molar-refractivity contribution in [2.45, 2.75) is 31.0 Å². The third-order valence-electron chi connectivity index (χ3n) is 5.03. The lowest BCUT2D eigenvalue weighted by atomic mass is 10.2. The Hall–Kier alpha value is -2.80. The topological polar surface area (TPSA) is 69.0 Å². The van der Waals surface area contributed by atoms with Crippen LogP contribution < -0.4 is 10.1 Å². The monoisotopic (exact) mass is 408 g/mol. The standard InChI is InChI=1S/C22H24N4O2S/c1-15(16-11-12-16)23-20(27)14-29-22-25-24-21(17-7-6-10-19(13-17)28-2)26(22)18-8-4-3-5-9-18/h3-10,13,15-16H,11-12,14H2,1-2H3,(H,23,27). The molecule has 0 saturated heterocycles. The maximum atomic E-state index is 12.4. The summed E-state index contributed by atoms with van der Waals surface area (Å²) in [5.74, 6) is 2.44. The Morgan fingerprint density at radius 2 is 2.00 bits per heavy atom. The molecule has 1 saturated carbocycles. The van der Waals surface area contributed by atoms with E-state index in [4.69, 9.17) is 4.74 Å². The van der Waals surface area contributed by atoms with Gasteiger partial charge in [0.15, 0.2) is 11.0 Å². The van der Waals surface area contributed by atoms with E-state index in [0.717, 1.165) is 17.0 Å². The minimum absolute atomic E-state index is 0.0277. The number of para-hydroxylation sites is 1. The van der Waals surface area contributed by atoms with Crippen molar-refractivity contribution in [2.75, 3.05) is 12.9 Å². The number of nitrogens with zero attached hydrogens (tertiary/aromatic N) is 3. The number of amides is 1. The minimum Gasteiger partial charge on any atom is -0.497 e. The van der Waals surface area contributed by atoms with E-state index in [1.807, 2.05) is 59.2 Å². The third kappa shape index (κ3) is 4.62. The van der Waals surface area contributed by atoms with Gasteiger partial charge >= 0.3 is 0 Å². The van der Waals surface area contributed by atoms with Gasteiger partial charge in [-0.15, -0.1) is 10.2 Å². The Labute approximate surface area is 174 Å². The predicted octanol–water partition coefficient (Wildman–Crippen LogP) is 3.95. The largest absolute Gasteiger partial charge is 0.497 e. The molecule has 1 fully saturated rings. The van der Waals surface area contributed by atoms with E-state index >= 15 is 0 Å². The van der Waals surface area contributed by atoms with E-state index in [9.17, 15) is 4.79 Å². The van der Waals surface area contributed by atoms with Crippen LogP contribution in [0.15, 0.2) is 59.8 Å². The maximum Gasteiger partial charge on any atom is 0.230 e. The van der Waals surface area contributed by atoms with E-state index in [1.54, 1.807) is 7.11 Å². The van der Waals surface area contributed by atoms with Gasteiger partial charge < -0.3 is 10.1 Å². The first kappa shape index (κ1) is 19.5. The summed E-state index contributed by atoms with van der Waals surface area (Å²) in [7, 11) is 1.64. The first-order valence-corrected chi connectivity index (χ1v) is 10.7. The van der Waals surface area contributed by atoms with Gasteiger partial charge in [-0.1, -0.05) is 42.1 Å². The molecule has 1 unspecified atom stereocenters. The highest BCUT2D eigenvalue weighted by Crippen LogP contribution is 2.33. The molecule has 1 aliphatic rings. The van der Waals surface area contributed by atoms with E-state index in [2.05, 4.69) is 22.4 Å². The van der Waals surface area contributed by atoms with Crippen molar-refractivity contribution in [1.29, 1.82) is 0 Å². The van der Waals surface area contributed by atoms with Crippen molar-refractivity contribution in [2.24, 2.45) is 5.92 Å². The molecule has 0 spiro atoms. The Morgan fingerprint density at radius 1 is 1.21 bits per heavy atom. The molecule has 0 radical (unpaired) electrons. The molecule has 150 valence electrons. The van der Waals surface area contributed by atoms with Crippen molar-refractivity contribution >= 4 is 17.7 Å². The van der Waals surface area contributed by atoms with Crippen LogP contribution in [0.4, 0.5) is 0 Å². The first-order chi connectivity index (χ1) is 14.2. The van der Waals surface area contributed by atoms with Crippen molar-refractivity contribution in [3.8, 4) is 22.8 Å². The molecule has 7 heteroatoms. The number of benzene rings is 2. The average Bonchev–Trinajstić information content (AvgIpc) is 3.52. The molecule has 6 nitrogen and oxygen atoms in total. The molecular weight excluding hydrogens is 384 g/mol. The number of aromatic nitrogens is 3. The molecule has 29 heavy (non-hydrogen) atoms. The van der Waals surface area contributed by atoms with E-state index in [1.165, 1.54) is 24.6 Å². The van der Waals surface area contributed by atoms with Gasteiger partial charge in [0.25, 0.3) is 0 Å². The highest BCUT2D eigenvalue weighted by Gasteiger charge is 2.29. The summed E-state index contributed by atoms with van der Waals surface area (Å²) in [5.41, 5.74) is 1.85. The average molecular weight is 409 g/mol. The fraction of sp³-hybridized carbons (Fsp3) is 0.318. The molecule has 1 heterocycles. The Bertz CT molecular complexity index is 985. The fourth-order valence-corrected chi connectivity index (χ4v) is 4.03. The van der Waals surface area contributed by atoms with Crippen molar-refractivity contribution in [1.82, 2.24) is 20.1 Å². The van der Waals surface area contributed by atoms with E-state index in [0.29, 0.717) is 22.7 Å². The van der Waals surface area contributed by atoms with Gasteiger partial charge in [0.05, 0.1) is 12.9 Å². The summed E-state index contributed by atoms with van der Waals surface area (Å²) in [6.07, 6.45) is 2.42. The number of hydrogen-bond acceptors (Lipinski definition) is 5. The van der Waals surface area contributed by atoms with Crippen LogP contribution >= 0.6 is 11.8 Å². The van der Waals surface area contributed by atoms with Crippen LogP contribution in [0.2, 0.25) is 0 Å². The highest BCUT2D eigenvalue weighted by molar-refractivity contribution is 7.99. The number of rotatable bonds is 8. The van der Waals surface area contributed by atoms with E-state index in [-0.39, 0.29) is 11.9 Å². The zero-order valence-electron chi connectivity index (χ0n) is 16.5. The summed E-state index contributed by atoms with van der Waals surface area (Å²) in [4.78, 5) is 12.4. The van der Waals surface area contributed by atoms with Crippen LogP contribution in [0, 0.1) is 5.92 Å². The van der Waals surface area contributed by atoms with Gasteiger partial charge in [-0.3, -0.25) is 9.36 Å². The second-order valence-corrected chi connectivity index (χ2v) is 8.13. The summed E-state index contributed by atoms with van der Waals surface area (Å²) in [5, 5.41) is 12.6. The van der Waals surface area contributed by atoms with Crippen molar-refractivity contribution in [3.05, 3.63) is 54.6 Å². The molecule has 1 N–H and O–H groups in total. The van der Waals surface area contributed by atoms with Crippen LogP contribution in [0.3, 0.4) is 0 Å².